The summed E-state index contributed by atoms with van der Waals surface area (Å²) >= 11 is 0. The Kier molecular flexibility index (Phi) is 4.87. The van der Waals surface area contributed by atoms with Crippen molar-refractivity contribution in [1.82, 2.24) is 20.3 Å². The molecule has 0 aromatic carbocycles. The molecule has 6 nitrogen and oxygen atoms in total. The van der Waals surface area contributed by atoms with E-state index in [1.165, 1.54) is 6.20 Å². The fraction of sp³-hybridized carbons (Fsp3) is 0.214. The highest BCUT2D eigenvalue weighted by Crippen LogP contribution is 2.01. The highest BCUT2D eigenvalue weighted by Gasteiger charge is 2.06. The van der Waals surface area contributed by atoms with Gasteiger partial charge in [-0.25, -0.2) is 4.98 Å². The van der Waals surface area contributed by atoms with Crippen LogP contribution in [0.4, 0.5) is 0 Å². The van der Waals surface area contributed by atoms with E-state index in [0.29, 0.717) is 24.1 Å². The maximum atomic E-state index is 11.9. The van der Waals surface area contributed by atoms with Crippen molar-refractivity contribution in [2.75, 3.05) is 13.1 Å². The van der Waals surface area contributed by atoms with Crippen LogP contribution in [0.5, 0.6) is 0 Å². The SMILES string of the molecule is NCC#Cc1cncc(C(=O)NCCc2cnc[nH]2)c1. The quantitative estimate of drug-likeness (QED) is 0.685. The molecular formula is C14H15N5O. The van der Waals surface area contributed by atoms with Gasteiger partial charge in [0.1, 0.15) is 0 Å². The molecule has 6 heteroatoms. The fourth-order valence-electron chi connectivity index (χ4n) is 1.62. The molecule has 0 atom stereocenters. The van der Waals surface area contributed by atoms with Gasteiger partial charge >= 0.3 is 0 Å². The van der Waals surface area contributed by atoms with Crippen molar-refractivity contribution >= 4 is 5.91 Å². The molecule has 0 bridgehead atoms. The molecule has 0 aliphatic heterocycles. The Morgan fingerprint density at radius 2 is 2.25 bits per heavy atom. The van der Waals surface area contributed by atoms with E-state index in [9.17, 15) is 4.79 Å². The predicted molar refractivity (Wildman–Crippen MR) is 74.8 cm³/mol. The molecular weight excluding hydrogens is 254 g/mol. The number of H-pyrrole nitrogens is 1. The third kappa shape index (κ3) is 3.93. The summed E-state index contributed by atoms with van der Waals surface area (Å²) in [6, 6.07) is 1.70. The number of imidazole rings is 1. The smallest absolute Gasteiger partial charge is 0.252 e. The largest absolute Gasteiger partial charge is 0.352 e. The summed E-state index contributed by atoms with van der Waals surface area (Å²) in [5.41, 5.74) is 7.44. The summed E-state index contributed by atoms with van der Waals surface area (Å²) in [6.45, 7) is 0.806. The van der Waals surface area contributed by atoms with Crippen LogP contribution in [0.15, 0.2) is 31.0 Å². The number of hydrogen-bond donors (Lipinski definition) is 3. The standard InChI is InChI=1S/C14H15N5O/c15-4-1-2-11-6-12(8-16-7-11)14(20)18-5-3-13-9-17-10-19-13/h6-10H,3-5,15H2,(H,17,19)(H,18,20). The minimum absolute atomic E-state index is 0.173. The predicted octanol–water partition coefficient (Wildman–Crippen LogP) is 0.0874. The van der Waals surface area contributed by atoms with Gasteiger partial charge in [-0.3, -0.25) is 9.78 Å². The summed E-state index contributed by atoms with van der Waals surface area (Å²) in [6.07, 6.45) is 7.16. The van der Waals surface area contributed by atoms with Crippen LogP contribution in [0.2, 0.25) is 0 Å². The minimum atomic E-state index is -0.173. The number of amides is 1. The van der Waals surface area contributed by atoms with E-state index in [0.717, 1.165) is 5.69 Å². The molecule has 0 spiro atoms. The van der Waals surface area contributed by atoms with Crippen molar-refractivity contribution in [2.45, 2.75) is 6.42 Å². The maximum Gasteiger partial charge on any atom is 0.252 e. The van der Waals surface area contributed by atoms with E-state index in [-0.39, 0.29) is 12.5 Å². The maximum absolute atomic E-state index is 11.9. The van der Waals surface area contributed by atoms with E-state index in [1.54, 1.807) is 24.8 Å². The number of nitrogens with zero attached hydrogens (tertiary/aromatic N) is 2. The third-order valence-corrected chi connectivity index (χ3v) is 2.57. The Labute approximate surface area is 116 Å². The highest BCUT2D eigenvalue weighted by atomic mass is 16.1. The van der Waals surface area contributed by atoms with Crippen molar-refractivity contribution in [3.63, 3.8) is 0 Å². The van der Waals surface area contributed by atoms with Crippen molar-refractivity contribution in [2.24, 2.45) is 5.73 Å². The lowest BCUT2D eigenvalue weighted by molar-refractivity contribution is 0.0953. The van der Waals surface area contributed by atoms with Crippen LogP contribution in [0, 0.1) is 11.8 Å². The van der Waals surface area contributed by atoms with Gasteiger partial charge in [0.2, 0.25) is 0 Å². The molecule has 102 valence electrons. The van der Waals surface area contributed by atoms with E-state index in [1.807, 2.05) is 0 Å². The molecule has 0 aliphatic rings. The monoisotopic (exact) mass is 269 g/mol. The Morgan fingerprint density at radius 3 is 3.00 bits per heavy atom. The number of aromatic amines is 1. The van der Waals surface area contributed by atoms with Crippen LogP contribution in [-0.4, -0.2) is 33.9 Å². The molecule has 2 aromatic heterocycles. The second-order valence-electron chi connectivity index (χ2n) is 4.05. The van der Waals surface area contributed by atoms with E-state index >= 15 is 0 Å². The zero-order valence-corrected chi connectivity index (χ0v) is 10.9. The second kappa shape index (κ2) is 7.07. The molecule has 0 saturated heterocycles. The number of aromatic nitrogens is 3. The first-order valence-electron chi connectivity index (χ1n) is 6.19. The van der Waals surface area contributed by atoms with Crippen molar-refractivity contribution < 1.29 is 4.79 Å². The number of carbonyl (C=O) groups is 1. The molecule has 0 aliphatic carbocycles. The average Bonchev–Trinajstić information content (AvgIpc) is 2.98. The summed E-state index contributed by atoms with van der Waals surface area (Å²) in [5, 5.41) is 2.82. The van der Waals surface area contributed by atoms with E-state index in [4.69, 9.17) is 5.73 Å². The first-order valence-corrected chi connectivity index (χ1v) is 6.19. The van der Waals surface area contributed by atoms with Crippen LogP contribution in [0.25, 0.3) is 0 Å². The lowest BCUT2D eigenvalue weighted by atomic mass is 10.2. The summed E-state index contributed by atoms with van der Waals surface area (Å²) < 4.78 is 0. The summed E-state index contributed by atoms with van der Waals surface area (Å²) in [4.78, 5) is 22.8. The molecule has 20 heavy (non-hydrogen) atoms. The van der Waals surface area contributed by atoms with Gasteiger partial charge in [0.25, 0.3) is 5.91 Å². The zero-order chi connectivity index (χ0) is 14.2. The first kappa shape index (κ1) is 13.8. The highest BCUT2D eigenvalue weighted by molar-refractivity contribution is 5.94. The molecule has 0 radical (unpaired) electrons. The molecule has 0 unspecified atom stereocenters. The van der Waals surface area contributed by atoms with Crippen LogP contribution >= 0.6 is 0 Å². The molecule has 2 aromatic rings. The van der Waals surface area contributed by atoms with Crippen molar-refractivity contribution in [1.29, 1.82) is 0 Å². The number of carbonyl (C=O) groups excluding carboxylic acids is 1. The Bertz CT molecular complexity index is 625. The Hall–Kier alpha value is -2.65. The van der Waals surface area contributed by atoms with Gasteiger partial charge in [0, 0.05) is 42.8 Å². The van der Waals surface area contributed by atoms with Gasteiger partial charge in [-0.2, -0.15) is 0 Å². The van der Waals surface area contributed by atoms with Crippen LogP contribution in [-0.2, 0) is 6.42 Å². The van der Waals surface area contributed by atoms with Gasteiger partial charge < -0.3 is 16.0 Å². The number of hydrogen-bond acceptors (Lipinski definition) is 4. The lowest BCUT2D eigenvalue weighted by Crippen LogP contribution is -2.25. The number of rotatable bonds is 4. The minimum Gasteiger partial charge on any atom is -0.352 e. The number of nitrogens with two attached hydrogens (primary N) is 1. The van der Waals surface area contributed by atoms with Crippen LogP contribution in [0.3, 0.4) is 0 Å². The molecule has 0 fully saturated rings. The van der Waals surface area contributed by atoms with Crippen molar-refractivity contribution in [3.05, 3.63) is 47.8 Å². The van der Waals surface area contributed by atoms with E-state index in [2.05, 4.69) is 32.1 Å². The summed E-state index contributed by atoms with van der Waals surface area (Å²) in [7, 11) is 0. The Balaban J connectivity index is 1.91. The normalized spacial score (nSPS) is 9.65. The average molecular weight is 269 g/mol. The molecule has 2 heterocycles. The third-order valence-electron chi connectivity index (χ3n) is 2.57. The summed E-state index contributed by atoms with van der Waals surface area (Å²) in [5.74, 6) is 5.40. The van der Waals surface area contributed by atoms with Crippen molar-refractivity contribution in [3.8, 4) is 11.8 Å². The number of pyridine rings is 1. The fourth-order valence-corrected chi connectivity index (χ4v) is 1.62. The van der Waals surface area contributed by atoms with Gasteiger partial charge in [-0.15, -0.1) is 0 Å². The Morgan fingerprint density at radius 1 is 1.35 bits per heavy atom. The van der Waals surface area contributed by atoms with Gasteiger partial charge in [0.05, 0.1) is 18.4 Å². The van der Waals surface area contributed by atoms with Gasteiger partial charge in [-0.05, 0) is 6.07 Å². The van der Waals surface area contributed by atoms with Crippen LogP contribution in [0.1, 0.15) is 21.6 Å². The number of nitrogens with one attached hydrogen (secondary N) is 2. The zero-order valence-electron chi connectivity index (χ0n) is 10.9. The first-order chi connectivity index (χ1) is 9.79. The second-order valence-corrected chi connectivity index (χ2v) is 4.05. The topological polar surface area (TPSA) is 96.7 Å². The molecule has 4 N–H and O–H groups in total. The van der Waals surface area contributed by atoms with Gasteiger partial charge in [-0.1, -0.05) is 11.8 Å². The molecule has 2 rings (SSSR count). The lowest BCUT2D eigenvalue weighted by Gasteiger charge is -2.04. The van der Waals surface area contributed by atoms with E-state index < -0.39 is 0 Å². The molecule has 1 amide bonds. The van der Waals surface area contributed by atoms with Gasteiger partial charge in [0.15, 0.2) is 0 Å². The van der Waals surface area contributed by atoms with Crippen LogP contribution < -0.4 is 11.1 Å². The molecule has 0 saturated carbocycles.